The van der Waals surface area contributed by atoms with Crippen LogP contribution >= 0.6 is 0 Å². The standard InChI is InChI=1S/C11H21F2N3/c12-10(13)9-15-5-1-11(2-6-15)3-7-16(14)8-4-11/h10H,1-9,14H2. The smallest absolute Gasteiger partial charge is 0.251 e. The first-order valence-electron chi connectivity index (χ1n) is 6.10. The van der Waals surface area contributed by atoms with Gasteiger partial charge in [-0.3, -0.25) is 10.7 Å². The number of halogens is 2. The van der Waals surface area contributed by atoms with Crippen molar-refractivity contribution in [1.29, 1.82) is 0 Å². The summed E-state index contributed by atoms with van der Waals surface area (Å²) in [5, 5.41) is 1.87. The van der Waals surface area contributed by atoms with Gasteiger partial charge in [0.1, 0.15) is 0 Å². The predicted molar refractivity (Wildman–Crippen MR) is 59.1 cm³/mol. The van der Waals surface area contributed by atoms with E-state index in [0.29, 0.717) is 5.41 Å². The fourth-order valence-electron chi connectivity index (χ4n) is 2.90. The minimum atomic E-state index is -2.19. The molecule has 0 aliphatic carbocycles. The van der Waals surface area contributed by atoms with Crippen LogP contribution in [0.3, 0.4) is 0 Å². The van der Waals surface area contributed by atoms with Crippen molar-refractivity contribution in [2.24, 2.45) is 11.3 Å². The van der Waals surface area contributed by atoms with Gasteiger partial charge in [0.25, 0.3) is 6.43 Å². The molecule has 2 heterocycles. The summed E-state index contributed by atoms with van der Waals surface area (Å²) in [6, 6.07) is 0. The molecule has 0 saturated carbocycles. The Morgan fingerprint density at radius 1 is 1.00 bits per heavy atom. The number of nitrogens with zero attached hydrogens (tertiary/aromatic N) is 2. The molecule has 94 valence electrons. The highest BCUT2D eigenvalue weighted by Crippen LogP contribution is 2.40. The highest BCUT2D eigenvalue weighted by Gasteiger charge is 2.37. The predicted octanol–water partition coefficient (Wildman–Crippen LogP) is 1.30. The summed E-state index contributed by atoms with van der Waals surface area (Å²) >= 11 is 0. The molecule has 2 aliphatic rings. The molecule has 0 atom stereocenters. The number of alkyl halides is 2. The van der Waals surface area contributed by atoms with E-state index < -0.39 is 6.43 Å². The van der Waals surface area contributed by atoms with Crippen molar-refractivity contribution in [3.8, 4) is 0 Å². The van der Waals surface area contributed by atoms with Gasteiger partial charge in [-0.05, 0) is 44.2 Å². The van der Waals surface area contributed by atoms with Gasteiger partial charge in [0, 0.05) is 13.1 Å². The molecule has 5 heteroatoms. The van der Waals surface area contributed by atoms with Crippen LogP contribution in [0.2, 0.25) is 0 Å². The summed E-state index contributed by atoms with van der Waals surface area (Å²) in [4.78, 5) is 1.89. The molecule has 0 aromatic carbocycles. The summed E-state index contributed by atoms with van der Waals surface area (Å²) in [6.07, 6.45) is 2.19. The molecule has 0 amide bonds. The van der Waals surface area contributed by atoms with E-state index in [9.17, 15) is 8.78 Å². The van der Waals surface area contributed by atoms with Crippen molar-refractivity contribution in [1.82, 2.24) is 9.91 Å². The van der Waals surface area contributed by atoms with Gasteiger partial charge >= 0.3 is 0 Å². The van der Waals surface area contributed by atoms with E-state index in [-0.39, 0.29) is 6.54 Å². The maximum atomic E-state index is 12.2. The number of hydrazine groups is 1. The quantitative estimate of drug-likeness (QED) is 0.730. The molecule has 0 bridgehead atoms. The van der Waals surface area contributed by atoms with E-state index in [1.54, 1.807) is 0 Å². The highest BCUT2D eigenvalue weighted by atomic mass is 19.3. The van der Waals surface area contributed by atoms with E-state index >= 15 is 0 Å². The van der Waals surface area contributed by atoms with Gasteiger partial charge in [-0.1, -0.05) is 0 Å². The van der Waals surface area contributed by atoms with Crippen LogP contribution in [-0.2, 0) is 0 Å². The molecule has 2 N–H and O–H groups in total. The largest absolute Gasteiger partial charge is 0.298 e. The van der Waals surface area contributed by atoms with Crippen molar-refractivity contribution in [2.45, 2.75) is 32.1 Å². The number of nitrogens with two attached hydrogens (primary N) is 1. The molecule has 2 rings (SSSR count). The second-order valence-electron chi connectivity index (χ2n) is 5.23. The fraction of sp³-hybridized carbons (Fsp3) is 1.00. The maximum Gasteiger partial charge on any atom is 0.251 e. The van der Waals surface area contributed by atoms with Gasteiger partial charge in [0.15, 0.2) is 0 Å². The Morgan fingerprint density at radius 2 is 1.50 bits per heavy atom. The SMILES string of the molecule is NN1CCC2(CC1)CCN(CC(F)F)CC2. The van der Waals surface area contributed by atoms with Crippen molar-refractivity contribution in [2.75, 3.05) is 32.7 Å². The molecular weight excluding hydrogens is 212 g/mol. The van der Waals surface area contributed by atoms with Crippen molar-refractivity contribution in [3.63, 3.8) is 0 Å². The Bertz CT molecular complexity index is 217. The molecule has 3 nitrogen and oxygen atoms in total. The zero-order chi connectivity index (χ0) is 11.6. The Hall–Kier alpha value is -0.260. The molecule has 0 radical (unpaired) electrons. The third-order valence-corrected chi connectivity index (χ3v) is 4.17. The zero-order valence-electron chi connectivity index (χ0n) is 9.67. The van der Waals surface area contributed by atoms with E-state index in [2.05, 4.69) is 0 Å². The van der Waals surface area contributed by atoms with Gasteiger partial charge in [-0.25, -0.2) is 13.8 Å². The average Bonchev–Trinajstić information content (AvgIpc) is 2.26. The molecule has 16 heavy (non-hydrogen) atoms. The van der Waals surface area contributed by atoms with Crippen molar-refractivity contribution >= 4 is 0 Å². The Balaban J connectivity index is 1.80. The summed E-state index contributed by atoms with van der Waals surface area (Å²) in [5.74, 6) is 5.74. The van der Waals surface area contributed by atoms with Crippen LogP contribution < -0.4 is 5.84 Å². The summed E-state index contributed by atoms with van der Waals surface area (Å²) in [7, 11) is 0. The fourth-order valence-corrected chi connectivity index (χ4v) is 2.90. The van der Waals surface area contributed by atoms with Crippen LogP contribution in [0.15, 0.2) is 0 Å². The summed E-state index contributed by atoms with van der Waals surface area (Å²) in [5.41, 5.74) is 0.397. The number of likely N-dealkylation sites (tertiary alicyclic amines) is 1. The Morgan fingerprint density at radius 3 is 2.00 bits per heavy atom. The van der Waals surface area contributed by atoms with Gasteiger partial charge in [-0.2, -0.15) is 0 Å². The first-order valence-corrected chi connectivity index (χ1v) is 6.10. The molecule has 2 saturated heterocycles. The van der Waals surface area contributed by atoms with Crippen LogP contribution in [0, 0.1) is 5.41 Å². The van der Waals surface area contributed by atoms with Gasteiger partial charge < -0.3 is 0 Å². The zero-order valence-corrected chi connectivity index (χ0v) is 9.67. The second-order valence-corrected chi connectivity index (χ2v) is 5.23. The Kier molecular flexibility index (Phi) is 3.77. The van der Waals surface area contributed by atoms with E-state index in [1.807, 2.05) is 9.91 Å². The average molecular weight is 233 g/mol. The second kappa shape index (κ2) is 4.94. The lowest BCUT2D eigenvalue weighted by molar-refractivity contribution is 0.0110. The Labute approximate surface area is 95.5 Å². The van der Waals surface area contributed by atoms with Gasteiger partial charge in [-0.15, -0.1) is 0 Å². The first kappa shape index (κ1) is 12.2. The van der Waals surface area contributed by atoms with Crippen LogP contribution in [0.5, 0.6) is 0 Å². The molecule has 0 aromatic heterocycles. The number of hydrogen-bond donors (Lipinski definition) is 1. The minimum Gasteiger partial charge on any atom is -0.298 e. The van der Waals surface area contributed by atoms with Crippen molar-refractivity contribution in [3.05, 3.63) is 0 Å². The normalized spacial score (nSPS) is 27.8. The number of rotatable bonds is 2. The summed E-state index contributed by atoms with van der Waals surface area (Å²) < 4.78 is 24.5. The van der Waals surface area contributed by atoms with Crippen LogP contribution in [-0.4, -0.2) is 49.1 Å². The van der Waals surface area contributed by atoms with E-state index in [1.165, 1.54) is 0 Å². The van der Waals surface area contributed by atoms with Crippen LogP contribution in [0.4, 0.5) is 8.78 Å². The monoisotopic (exact) mass is 233 g/mol. The molecule has 0 unspecified atom stereocenters. The molecule has 2 fully saturated rings. The topological polar surface area (TPSA) is 32.5 Å². The first-order chi connectivity index (χ1) is 7.60. The van der Waals surface area contributed by atoms with Crippen LogP contribution in [0.25, 0.3) is 0 Å². The minimum absolute atomic E-state index is 0.0565. The molecule has 0 aromatic rings. The molecule has 1 spiro atoms. The summed E-state index contributed by atoms with van der Waals surface area (Å²) in [6.45, 7) is 3.51. The number of hydrogen-bond acceptors (Lipinski definition) is 3. The van der Waals surface area contributed by atoms with Gasteiger partial charge in [0.05, 0.1) is 6.54 Å². The van der Waals surface area contributed by atoms with E-state index in [4.69, 9.17) is 5.84 Å². The lowest BCUT2D eigenvalue weighted by Crippen LogP contribution is -2.49. The third kappa shape index (κ3) is 2.90. The van der Waals surface area contributed by atoms with Gasteiger partial charge in [0.2, 0.25) is 0 Å². The van der Waals surface area contributed by atoms with Crippen molar-refractivity contribution < 1.29 is 8.78 Å². The highest BCUT2D eigenvalue weighted by molar-refractivity contribution is 4.89. The van der Waals surface area contributed by atoms with E-state index in [0.717, 1.165) is 51.9 Å². The lowest BCUT2D eigenvalue weighted by atomic mass is 9.71. The molecular formula is C11H21F2N3. The maximum absolute atomic E-state index is 12.2. The van der Waals surface area contributed by atoms with Crippen LogP contribution in [0.1, 0.15) is 25.7 Å². The molecule has 2 aliphatic heterocycles. The lowest BCUT2D eigenvalue weighted by Gasteiger charge is -2.46. The number of piperidine rings is 2. The third-order valence-electron chi connectivity index (χ3n) is 4.17.